The van der Waals surface area contributed by atoms with Crippen molar-refractivity contribution in [2.24, 2.45) is 0 Å². The number of phenols is 2. The highest BCUT2D eigenvalue weighted by molar-refractivity contribution is 6.30. The molecule has 1 aliphatic heterocycles. The highest BCUT2D eigenvalue weighted by Crippen LogP contribution is 2.37. The quantitative estimate of drug-likeness (QED) is 0.642. The van der Waals surface area contributed by atoms with Crippen LogP contribution in [0.2, 0.25) is 0 Å². The zero-order valence-electron chi connectivity index (χ0n) is 15.1. The van der Waals surface area contributed by atoms with Gasteiger partial charge in [-0.2, -0.15) is 0 Å². The van der Waals surface area contributed by atoms with E-state index in [4.69, 9.17) is 0 Å². The summed E-state index contributed by atoms with van der Waals surface area (Å²) in [6.07, 6.45) is 0. The molecule has 0 bridgehead atoms. The van der Waals surface area contributed by atoms with Crippen LogP contribution < -0.4 is 0 Å². The number of likely N-dealkylation sites (N-methyl/N-ethyl adjacent to an activating group) is 1. The number of hydrogen-bond acceptors (Lipinski definition) is 6. The van der Waals surface area contributed by atoms with E-state index in [0.29, 0.717) is 13.1 Å². The van der Waals surface area contributed by atoms with Gasteiger partial charge in [-0.05, 0) is 25.2 Å². The number of carbonyl (C=O) groups excluding carboxylic acids is 3. The monoisotopic (exact) mass is 402 g/mol. The predicted octanol–water partition coefficient (Wildman–Crippen LogP) is 1.68. The molecule has 0 saturated carbocycles. The molecule has 2 aromatic rings. The van der Waals surface area contributed by atoms with Gasteiger partial charge in [0.15, 0.2) is 5.78 Å². The SMILES string of the molecule is CN1CCN(C(=O)c2cc(O)c3c(c2)C(=O)c2cccc(O)c2C3=O)CC1.Cl. The molecule has 2 N–H and O–H groups in total. The maximum absolute atomic E-state index is 12.8. The van der Waals surface area contributed by atoms with Gasteiger partial charge >= 0.3 is 0 Å². The van der Waals surface area contributed by atoms with Crippen LogP contribution >= 0.6 is 12.4 Å². The Morgan fingerprint density at radius 1 is 0.893 bits per heavy atom. The third-order valence-electron chi connectivity index (χ3n) is 5.14. The molecule has 2 aliphatic rings. The molecule has 4 rings (SSSR count). The summed E-state index contributed by atoms with van der Waals surface area (Å²) in [5.74, 6) is -2.17. The number of ketones is 2. The minimum atomic E-state index is -0.631. The van der Waals surface area contributed by atoms with E-state index in [0.717, 1.165) is 13.1 Å². The van der Waals surface area contributed by atoms with E-state index >= 15 is 0 Å². The number of amides is 1. The second kappa shape index (κ2) is 7.26. The minimum Gasteiger partial charge on any atom is -0.507 e. The molecule has 0 aromatic heterocycles. The number of fused-ring (bicyclic) bond motifs is 2. The molecule has 2 aromatic carbocycles. The summed E-state index contributed by atoms with van der Waals surface area (Å²) in [6, 6.07) is 6.82. The van der Waals surface area contributed by atoms with Crippen LogP contribution in [-0.2, 0) is 0 Å². The number of carbonyl (C=O) groups is 3. The third-order valence-corrected chi connectivity index (χ3v) is 5.14. The molecule has 1 heterocycles. The van der Waals surface area contributed by atoms with Gasteiger partial charge in [0.2, 0.25) is 5.78 Å². The van der Waals surface area contributed by atoms with E-state index in [1.54, 1.807) is 4.90 Å². The Labute approximate surface area is 167 Å². The molecule has 0 spiro atoms. The van der Waals surface area contributed by atoms with Crippen LogP contribution in [0.15, 0.2) is 30.3 Å². The molecule has 7 nitrogen and oxygen atoms in total. The van der Waals surface area contributed by atoms with Gasteiger partial charge in [0.1, 0.15) is 11.5 Å². The van der Waals surface area contributed by atoms with Crippen LogP contribution in [0.4, 0.5) is 0 Å². The van der Waals surface area contributed by atoms with E-state index in [-0.39, 0.29) is 51.9 Å². The average molecular weight is 403 g/mol. The van der Waals surface area contributed by atoms with Crippen LogP contribution in [0.3, 0.4) is 0 Å². The molecule has 0 atom stereocenters. The van der Waals surface area contributed by atoms with Crippen molar-refractivity contribution in [3.8, 4) is 11.5 Å². The van der Waals surface area contributed by atoms with Crippen molar-refractivity contribution in [1.82, 2.24) is 9.80 Å². The van der Waals surface area contributed by atoms with Gasteiger partial charge < -0.3 is 20.0 Å². The van der Waals surface area contributed by atoms with Crippen molar-refractivity contribution >= 4 is 29.9 Å². The van der Waals surface area contributed by atoms with Crippen LogP contribution in [0, 0.1) is 0 Å². The van der Waals surface area contributed by atoms with Crippen molar-refractivity contribution in [1.29, 1.82) is 0 Å². The van der Waals surface area contributed by atoms with Crippen LogP contribution in [0.1, 0.15) is 42.2 Å². The number of phenolic OH excluding ortho intramolecular Hbond substituents is 2. The second-order valence-electron chi connectivity index (χ2n) is 6.87. The maximum Gasteiger partial charge on any atom is 0.254 e. The molecule has 0 unspecified atom stereocenters. The molecular formula is C20H19ClN2O5. The van der Waals surface area contributed by atoms with Crippen LogP contribution in [0.5, 0.6) is 11.5 Å². The lowest BCUT2D eigenvalue weighted by atomic mass is 9.82. The summed E-state index contributed by atoms with van der Waals surface area (Å²) in [6.45, 7) is 2.59. The number of hydrogen-bond donors (Lipinski definition) is 2. The van der Waals surface area contributed by atoms with E-state index in [1.165, 1.54) is 30.3 Å². The first kappa shape index (κ1) is 19.9. The van der Waals surface area contributed by atoms with E-state index in [1.807, 2.05) is 7.05 Å². The first-order valence-electron chi connectivity index (χ1n) is 8.64. The van der Waals surface area contributed by atoms with E-state index < -0.39 is 17.3 Å². The van der Waals surface area contributed by atoms with Crippen LogP contribution in [0.25, 0.3) is 0 Å². The van der Waals surface area contributed by atoms with Gasteiger partial charge in [-0.1, -0.05) is 12.1 Å². The molecule has 1 aliphatic carbocycles. The van der Waals surface area contributed by atoms with Gasteiger partial charge in [-0.3, -0.25) is 14.4 Å². The fourth-order valence-corrected chi connectivity index (χ4v) is 3.60. The second-order valence-corrected chi connectivity index (χ2v) is 6.87. The Morgan fingerprint density at radius 3 is 2.21 bits per heavy atom. The Bertz CT molecular complexity index is 996. The number of nitrogens with zero attached hydrogens (tertiary/aromatic N) is 2. The lowest BCUT2D eigenvalue weighted by molar-refractivity contribution is 0.0663. The van der Waals surface area contributed by atoms with E-state index in [2.05, 4.69) is 4.90 Å². The van der Waals surface area contributed by atoms with E-state index in [9.17, 15) is 24.6 Å². The molecule has 146 valence electrons. The summed E-state index contributed by atoms with van der Waals surface area (Å²) < 4.78 is 0. The van der Waals surface area contributed by atoms with Gasteiger partial charge in [-0.15, -0.1) is 12.4 Å². The van der Waals surface area contributed by atoms with Gasteiger partial charge in [0.05, 0.1) is 11.1 Å². The zero-order chi connectivity index (χ0) is 19.3. The summed E-state index contributed by atoms with van der Waals surface area (Å²) in [5, 5.41) is 20.4. The summed E-state index contributed by atoms with van der Waals surface area (Å²) >= 11 is 0. The maximum atomic E-state index is 12.8. The summed E-state index contributed by atoms with van der Waals surface area (Å²) in [4.78, 5) is 42.2. The number of benzene rings is 2. The van der Waals surface area contributed by atoms with Gasteiger partial charge in [0, 0.05) is 42.9 Å². The van der Waals surface area contributed by atoms with Crippen molar-refractivity contribution in [2.75, 3.05) is 33.2 Å². The molecule has 8 heteroatoms. The largest absolute Gasteiger partial charge is 0.507 e. The summed E-state index contributed by atoms with van der Waals surface area (Å²) in [7, 11) is 1.98. The van der Waals surface area contributed by atoms with Gasteiger partial charge in [-0.25, -0.2) is 0 Å². The molecule has 0 radical (unpaired) electrons. The first-order valence-corrected chi connectivity index (χ1v) is 8.64. The van der Waals surface area contributed by atoms with Crippen molar-refractivity contribution in [2.45, 2.75) is 0 Å². The molecular weight excluding hydrogens is 384 g/mol. The highest BCUT2D eigenvalue weighted by atomic mass is 35.5. The fraction of sp³-hybridized carbons (Fsp3) is 0.250. The molecule has 1 fully saturated rings. The van der Waals surface area contributed by atoms with Crippen molar-refractivity contribution in [3.63, 3.8) is 0 Å². The number of aromatic hydroxyl groups is 2. The topological polar surface area (TPSA) is 98.2 Å². The predicted molar refractivity (Wildman–Crippen MR) is 104 cm³/mol. The van der Waals surface area contributed by atoms with Crippen molar-refractivity contribution < 1.29 is 24.6 Å². The molecule has 1 amide bonds. The van der Waals surface area contributed by atoms with Crippen LogP contribution in [-0.4, -0.2) is 70.7 Å². The number of halogens is 1. The zero-order valence-corrected chi connectivity index (χ0v) is 16.0. The lowest BCUT2D eigenvalue weighted by Gasteiger charge is -2.32. The normalized spacial score (nSPS) is 16.2. The number of rotatable bonds is 1. The fourth-order valence-electron chi connectivity index (χ4n) is 3.60. The Morgan fingerprint density at radius 2 is 1.54 bits per heavy atom. The van der Waals surface area contributed by atoms with Crippen molar-refractivity contribution in [3.05, 3.63) is 58.1 Å². The standard InChI is InChI=1S/C20H18N2O5.ClH/c1-21-5-7-22(8-6-21)20(27)11-9-13-17(15(24)10-11)19(26)16-12(18(13)25)3-2-4-14(16)23;/h2-4,9-10,23-24H,5-8H2,1H3;1H. The summed E-state index contributed by atoms with van der Waals surface area (Å²) in [5.41, 5.74) is -0.0837. The average Bonchev–Trinajstić information content (AvgIpc) is 2.65. The number of piperazine rings is 1. The smallest absolute Gasteiger partial charge is 0.254 e. The third kappa shape index (κ3) is 3.02. The molecule has 28 heavy (non-hydrogen) atoms. The minimum absolute atomic E-state index is 0. The van der Waals surface area contributed by atoms with Gasteiger partial charge in [0.25, 0.3) is 5.91 Å². The Kier molecular flexibility index (Phi) is 5.14. The Hall–Kier alpha value is -2.90. The highest BCUT2D eigenvalue weighted by Gasteiger charge is 2.35. The first-order chi connectivity index (χ1) is 12.9. The Balaban J connectivity index is 0.00000225. The molecule has 1 saturated heterocycles. The lowest BCUT2D eigenvalue weighted by Crippen LogP contribution is -2.47.